The second kappa shape index (κ2) is 10.5. The van der Waals surface area contributed by atoms with Gasteiger partial charge in [0.2, 0.25) is 6.29 Å². The molecule has 5 heterocycles. The third-order valence-corrected chi connectivity index (χ3v) is 8.99. The number of methoxy groups -OCH3 is 2. The molecule has 5 unspecified atom stereocenters. The van der Waals surface area contributed by atoms with Crippen LogP contribution >= 0.6 is 0 Å². The van der Waals surface area contributed by atoms with Gasteiger partial charge >= 0.3 is 11.9 Å². The molecule has 0 spiro atoms. The summed E-state index contributed by atoms with van der Waals surface area (Å²) in [6.07, 6.45) is -6.65. The summed E-state index contributed by atoms with van der Waals surface area (Å²) in [5, 5.41) is 40.8. The minimum Gasteiger partial charge on any atom is -0.497 e. The molecule has 41 heavy (non-hydrogen) atoms. The minimum atomic E-state index is -1.89. The topological polar surface area (TPSA) is 180 Å². The summed E-state index contributed by atoms with van der Waals surface area (Å²) < 4.78 is 27.4. The van der Waals surface area contributed by atoms with Crippen LogP contribution in [-0.4, -0.2) is 106 Å². The van der Waals surface area contributed by atoms with E-state index in [1.807, 2.05) is 19.1 Å². The highest BCUT2D eigenvalue weighted by atomic mass is 16.7. The van der Waals surface area contributed by atoms with Gasteiger partial charge in [0, 0.05) is 47.6 Å². The van der Waals surface area contributed by atoms with Crippen LogP contribution in [0.2, 0.25) is 0 Å². The van der Waals surface area contributed by atoms with Crippen molar-refractivity contribution in [3.8, 4) is 11.5 Å². The number of ether oxygens (including phenoxy) is 5. The fourth-order valence-corrected chi connectivity index (χ4v) is 6.77. The number of hydrogen-bond donors (Lipinski definition) is 5. The van der Waals surface area contributed by atoms with Crippen molar-refractivity contribution in [3.05, 3.63) is 35.2 Å². The Morgan fingerprint density at radius 3 is 2.51 bits per heavy atom. The molecule has 0 radical (unpaired) electrons. The molecule has 4 aliphatic rings. The monoisotopic (exact) mass is 574 g/mol. The summed E-state index contributed by atoms with van der Waals surface area (Å²) in [4.78, 5) is 30.9. The van der Waals surface area contributed by atoms with Crippen molar-refractivity contribution in [1.82, 2.24) is 9.88 Å². The summed E-state index contributed by atoms with van der Waals surface area (Å²) in [6.45, 7) is 3.46. The first-order chi connectivity index (χ1) is 19.6. The first-order valence-corrected chi connectivity index (χ1v) is 13.6. The number of carboxylic acids is 1. The van der Waals surface area contributed by atoms with Crippen LogP contribution in [0.15, 0.2) is 24.0 Å². The Kier molecular flexibility index (Phi) is 7.10. The number of carbonyl (C=O) groups excluding carboxylic acids is 1. The van der Waals surface area contributed by atoms with Crippen LogP contribution < -0.4 is 9.47 Å². The van der Waals surface area contributed by atoms with Gasteiger partial charge in [-0.1, -0.05) is 0 Å². The van der Waals surface area contributed by atoms with E-state index in [1.54, 1.807) is 14.2 Å². The van der Waals surface area contributed by atoms with Crippen LogP contribution in [0, 0.1) is 11.8 Å². The van der Waals surface area contributed by atoms with Crippen LogP contribution in [0.25, 0.3) is 10.9 Å². The van der Waals surface area contributed by atoms with Gasteiger partial charge in [0.1, 0.15) is 18.3 Å². The fraction of sp³-hybridized carbons (Fsp3) is 0.571. The van der Waals surface area contributed by atoms with E-state index in [2.05, 4.69) is 9.88 Å². The minimum absolute atomic E-state index is 0.0178. The number of H-pyrrole nitrogens is 1. The maximum absolute atomic E-state index is 13.4. The number of hydrogen-bond acceptors (Lipinski definition) is 11. The average Bonchev–Trinajstić information content (AvgIpc) is 3.33. The van der Waals surface area contributed by atoms with E-state index in [4.69, 9.17) is 23.7 Å². The smallest absolute Gasteiger partial charge is 0.339 e. The van der Waals surface area contributed by atoms with E-state index in [9.17, 15) is 30.0 Å². The number of benzene rings is 1. The third kappa shape index (κ3) is 4.52. The predicted octanol–water partition coefficient (Wildman–Crippen LogP) is 0.458. The van der Waals surface area contributed by atoms with Gasteiger partial charge in [-0.2, -0.15) is 0 Å². The highest BCUT2D eigenvalue weighted by molar-refractivity contribution is 5.90. The number of aromatic amines is 1. The maximum atomic E-state index is 13.4. The lowest BCUT2D eigenvalue weighted by molar-refractivity contribution is -0.285. The first kappa shape index (κ1) is 27.8. The van der Waals surface area contributed by atoms with Gasteiger partial charge in [0.25, 0.3) is 0 Å². The Balaban J connectivity index is 1.28. The molecular formula is C28H34N2O11. The van der Waals surface area contributed by atoms with Gasteiger partial charge < -0.3 is 49.1 Å². The summed E-state index contributed by atoms with van der Waals surface area (Å²) in [5.74, 6) is -1.43. The zero-order chi connectivity index (χ0) is 29.2. The zero-order valence-corrected chi connectivity index (χ0v) is 22.9. The first-order valence-electron chi connectivity index (χ1n) is 13.6. The van der Waals surface area contributed by atoms with Crippen molar-refractivity contribution in [2.75, 3.05) is 27.3 Å². The van der Waals surface area contributed by atoms with E-state index in [-0.39, 0.29) is 29.6 Å². The highest BCUT2D eigenvalue weighted by Crippen LogP contribution is 2.48. The molecule has 2 saturated heterocycles. The van der Waals surface area contributed by atoms with Crippen LogP contribution in [0.1, 0.15) is 30.6 Å². The molecule has 13 nitrogen and oxygen atoms in total. The van der Waals surface area contributed by atoms with Gasteiger partial charge in [0.05, 0.1) is 38.2 Å². The van der Waals surface area contributed by atoms with E-state index in [1.165, 1.54) is 11.8 Å². The molecule has 13 heteroatoms. The van der Waals surface area contributed by atoms with Gasteiger partial charge in [0.15, 0.2) is 17.6 Å². The lowest BCUT2D eigenvalue weighted by Crippen LogP contribution is -2.60. The molecule has 2 aromatic rings. The number of carbonyl (C=O) groups is 2. The zero-order valence-electron chi connectivity index (χ0n) is 22.9. The van der Waals surface area contributed by atoms with Crippen LogP contribution in [0.5, 0.6) is 11.5 Å². The molecule has 9 atom stereocenters. The Morgan fingerprint density at radius 2 is 1.80 bits per heavy atom. The molecule has 222 valence electrons. The number of aromatic nitrogens is 1. The molecule has 5 N–H and O–H groups in total. The number of esters is 1. The standard InChI is InChI=1S/C28H34N2O11/c1-11-15-9-30-5-4-12-14-7-19(37-2)20(38-3)8-17(14)29-21(12)18(30)6-13(15)16(10-39-11)27(36)41-28-24(33)22(31)23(32)25(40-28)26(34)35/h7-8,10-11,13,15,18,22-25,28-29,31-33H,4-6,9H2,1-3H3,(H,34,35)/t11-,13-,15-,18+,22?,23?,24?,25?,28?/m0/s1. The molecule has 0 amide bonds. The number of fused-ring (bicyclic) bond motifs is 6. The quantitative estimate of drug-likeness (QED) is 0.312. The largest absolute Gasteiger partial charge is 0.497 e. The van der Waals surface area contributed by atoms with E-state index < -0.39 is 42.6 Å². The second-order valence-electron chi connectivity index (χ2n) is 11.1. The SMILES string of the molecule is COc1cc2[nH]c3c(c2cc1OC)CCN1C[C@H]2[C@H](C)OC=C(C(=O)OC4OC(C(=O)O)C(O)C(O)C4O)[C@H]2C[C@H]31. The Hall–Kier alpha value is -3.36. The van der Waals surface area contributed by atoms with Crippen molar-refractivity contribution in [1.29, 1.82) is 0 Å². The van der Waals surface area contributed by atoms with E-state index >= 15 is 0 Å². The molecular weight excluding hydrogens is 540 g/mol. The van der Waals surface area contributed by atoms with Gasteiger partial charge in [-0.25, -0.2) is 9.59 Å². The number of piperidine rings is 1. The number of nitrogens with zero attached hydrogens (tertiary/aromatic N) is 1. The van der Waals surface area contributed by atoms with Crippen molar-refractivity contribution >= 4 is 22.8 Å². The van der Waals surface area contributed by atoms with Crippen molar-refractivity contribution in [2.45, 2.75) is 62.6 Å². The van der Waals surface area contributed by atoms with Crippen molar-refractivity contribution < 1.29 is 53.7 Å². The fourth-order valence-electron chi connectivity index (χ4n) is 6.77. The third-order valence-electron chi connectivity index (χ3n) is 8.99. The van der Waals surface area contributed by atoms with Crippen molar-refractivity contribution in [2.24, 2.45) is 11.8 Å². The summed E-state index contributed by atoms with van der Waals surface area (Å²) in [6, 6.07) is 3.89. The average molecular weight is 575 g/mol. The van der Waals surface area contributed by atoms with Gasteiger partial charge in [-0.15, -0.1) is 0 Å². The molecule has 2 fully saturated rings. The Labute approximate surface area is 235 Å². The number of aliphatic hydroxyl groups is 3. The number of carboxylic acid groups (broad SMARTS) is 1. The summed E-state index contributed by atoms with van der Waals surface area (Å²) >= 11 is 0. The molecule has 0 aliphatic carbocycles. The van der Waals surface area contributed by atoms with Crippen LogP contribution in [-0.2, 0) is 30.2 Å². The Bertz CT molecular complexity index is 1390. The maximum Gasteiger partial charge on any atom is 0.339 e. The molecule has 0 saturated carbocycles. The van der Waals surface area contributed by atoms with Gasteiger partial charge in [-0.05, 0) is 31.4 Å². The van der Waals surface area contributed by atoms with Crippen LogP contribution in [0.4, 0.5) is 0 Å². The summed E-state index contributed by atoms with van der Waals surface area (Å²) in [5.41, 5.74) is 3.44. The van der Waals surface area contributed by atoms with Gasteiger partial charge in [-0.3, -0.25) is 4.90 Å². The number of nitrogens with one attached hydrogen (secondary N) is 1. The molecule has 0 bridgehead atoms. The highest BCUT2D eigenvalue weighted by Gasteiger charge is 2.51. The normalized spacial score (nSPS) is 34.9. The molecule has 4 aliphatic heterocycles. The Morgan fingerprint density at radius 1 is 1.07 bits per heavy atom. The number of rotatable bonds is 5. The molecule has 1 aromatic heterocycles. The van der Waals surface area contributed by atoms with E-state index in [0.717, 1.165) is 29.6 Å². The lowest BCUT2D eigenvalue weighted by atomic mass is 9.72. The molecule has 6 rings (SSSR count). The second-order valence-corrected chi connectivity index (χ2v) is 11.1. The number of aliphatic carboxylic acids is 1. The summed E-state index contributed by atoms with van der Waals surface area (Å²) in [7, 11) is 3.20. The van der Waals surface area contributed by atoms with E-state index in [0.29, 0.717) is 24.5 Å². The predicted molar refractivity (Wildman–Crippen MR) is 140 cm³/mol. The lowest BCUT2D eigenvalue weighted by Gasteiger charge is -2.49. The number of aliphatic hydroxyl groups excluding tert-OH is 3. The molecule has 1 aromatic carbocycles. The van der Waals surface area contributed by atoms with Crippen LogP contribution in [0.3, 0.4) is 0 Å². The van der Waals surface area contributed by atoms with Crippen molar-refractivity contribution in [3.63, 3.8) is 0 Å².